The van der Waals surface area contributed by atoms with Crippen LogP contribution in [0.2, 0.25) is 0 Å². The quantitative estimate of drug-likeness (QED) is 0.688. The van der Waals surface area contributed by atoms with Crippen LogP contribution in [0.25, 0.3) is 0 Å². The van der Waals surface area contributed by atoms with E-state index in [1.807, 2.05) is 0 Å². The molecule has 0 saturated heterocycles. The highest BCUT2D eigenvalue weighted by molar-refractivity contribution is 5.77. The largest absolute Gasteiger partial charge is 0.469 e. The Kier molecular flexibility index (Phi) is 4.43. The molecule has 0 aliphatic carbocycles. The van der Waals surface area contributed by atoms with E-state index in [9.17, 15) is 22.4 Å². The van der Waals surface area contributed by atoms with Gasteiger partial charge in [0.15, 0.2) is 0 Å². The van der Waals surface area contributed by atoms with Gasteiger partial charge in [0.2, 0.25) is 0 Å². The number of alkyl halides is 3. The van der Waals surface area contributed by atoms with E-state index >= 15 is 0 Å². The second kappa shape index (κ2) is 5.40. The Labute approximate surface area is 113 Å². The Bertz CT molecular complexity index is 512. The van der Waals surface area contributed by atoms with Crippen LogP contribution in [0, 0.1) is 11.2 Å². The summed E-state index contributed by atoms with van der Waals surface area (Å²) in [4.78, 5) is 11.6. The van der Waals surface area contributed by atoms with Crippen LogP contribution >= 0.6 is 0 Å². The van der Waals surface area contributed by atoms with Gasteiger partial charge in [0.05, 0.1) is 18.1 Å². The molecule has 112 valence electrons. The van der Waals surface area contributed by atoms with Crippen molar-refractivity contribution in [1.29, 1.82) is 0 Å². The monoisotopic (exact) mass is 293 g/mol. The van der Waals surface area contributed by atoms with Gasteiger partial charge in [-0.15, -0.1) is 0 Å². The van der Waals surface area contributed by atoms with Crippen LogP contribution in [0.15, 0.2) is 18.2 Å². The standard InChI is InChI=1S/C13H15F4NO2/c1-12(2,11(19)20-3)10(18)8-5-4-7(6-9(8)14)13(15,16)17/h4-6,10H,18H2,1-3H3/t10-/m1/s1. The fraction of sp³-hybridized carbons (Fsp3) is 0.462. The summed E-state index contributed by atoms with van der Waals surface area (Å²) < 4.78 is 55.7. The van der Waals surface area contributed by atoms with Crippen molar-refractivity contribution in [2.45, 2.75) is 26.1 Å². The van der Waals surface area contributed by atoms with E-state index in [0.29, 0.717) is 6.07 Å². The van der Waals surface area contributed by atoms with E-state index in [1.165, 1.54) is 13.8 Å². The number of rotatable bonds is 3. The maximum Gasteiger partial charge on any atom is 0.416 e. The number of carbonyl (C=O) groups excluding carboxylic acids is 1. The highest BCUT2D eigenvalue weighted by Crippen LogP contribution is 2.36. The molecule has 1 aromatic carbocycles. The van der Waals surface area contributed by atoms with Crippen molar-refractivity contribution in [3.63, 3.8) is 0 Å². The number of methoxy groups -OCH3 is 1. The zero-order valence-electron chi connectivity index (χ0n) is 11.2. The van der Waals surface area contributed by atoms with Crippen LogP contribution in [0.5, 0.6) is 0 Å². The van der Waals surface area contributed by atoms with Crippen LogP contribution in [-0.4, -0.2) is 13.1 Å². The number of benzene rings is 1. The normalized spacial score (nSPS) is 14.0. The average molecular weight is 293 g/mol. The maximum atomic E-state index is 13.8. The molecule has 0 bridgehead atoms. The van der Waals surface area contributed by atoms with E-state index < -0.39 is 35.0 Å². The molecular formula is C13H15F4NO2. The molecule has 0 aliphatic heterocycles. The molecule has 0 radical (unpaired) electrons. The van der Waals surface area contributed by atoms with Gasteiger partial charge >= 0.3 is 12.1 Å². The van der Waals surface area contributed by atoms with Gasteiger partial charge in [-0.25, -0.2) is 4.39 Å². The molecule has 0 saturated carbocycles. The molecule has 0 spiro atoms. The molecule has 0 heterocycles. The summed E-state index contributed by atoms with van der Waals surface area (Å²) in [6.07, 6.45) is -4.64. The van der Waals surface area contributed by atoms with Gasteiger partial charge in [-0.1, -0.05) is 6.07 Å². The van der Waals surface area contributed by atoms with Crippen LogP contribution in [0.4, 0.5) is 17.6 Å². The Balaban J connectivity index is 3.19. The molecule has 1 atom stereocenters. The molecule has 7 heteroatoms. The third-order valence-corrected chi connectivity index (χ3v) is 3.15. The number of hydrogen-bond acceptors (Lipinski definition) is 3. The maximum absolute atomic E-state index is 13.8. The van der Waals surface area contributed by atoms with Crippen LogP contribution < -0.4 is 5.73 Å². The Morgan fingerprint density at radius 3 is 2.25 bits per heavy atom. The number of esters is 1. The lowest BCUT2D eigenvalue weighted by Gasteiger charge is -2.29. The summed E-state index contributed by atoms with van der Waals surface area (Å²) in [6, 6.07) is 0.902. The van der Waals surface area contributed by atoms with Crippen molar-refractivity contribution in [3.05, 3.63) is 35.1 Å². The molecule has 20 heavy (non-hydrogen) atoms. The van der Waals surface area contributed by atoms with E-state index in [0.717, 1.165) is 19.2 Å². The van der Waals surface area contributed by atoms with Crippen molar-refractivity contribution >= 4 is 5.97 Å². The van der Waals surface area contributed by atoms with E-state index in [-0.39, 0.29) is 5.56 Å². The number of halogens is 4. The smallest absolute Gasteiger partial charge is 0.416 e. The van der Waals surface area contributed by atoms with E-state index in [1.54, 1.807) is 0 Å². The minimum atomic E-state index is -4.64. The SMILES string of the molecule is COC(=O)C(C)(C)[C@H](N)c1ccc(C(F)(F)F)cc1F. The van der Waals surface area contributed by atoms with Gasteiger partial charge in [0.25, 0.3) is 0 Å². The first-order chi connectivity index (χ1) is 9.01. The zero-order chi connectivity index (χ0) is 15.7. The lowest BCUT2D eigenvalue weighted by Crippen LogP contribution is -2.37. The number of hydrogen-bond donors (Lipinski definition) is 1. The van der Waals surface area contributed by atoms with Gasteiger partial charge < -0.3 is 10.5 Å². The highest BCUT2D eigenvalue weighted by atomic mass is 19.4. The van der Waals surface area contributed by atoms with Crippen molar-refractivity contribution in [1.82, 2.24) is 0 Å². The summed E-state index contributed by atoms with van der Waals surface area (Å²) in [5.74, 6) is -1.78. The molecule has 0 aromatic heterocycles. The van der Waals surface area contributed by atoms with Crippen molar-refractivity contribution in [2.75, 3.05) is 7.11 Å². The summed E-state index contributed by atoms with van der Waals surface area (Å²) >= 11 is 0. The second-order valence-corrected chi connectivity index (χ2v) is 4.92. The van der Waals surface area contributed by atoms with Crippen LogP contribution in [-0.2, 0) is 15.7 Å². The van der Waals surface area contributed by atoms with Gasteiger partial charge in [0, 0.05) is 11.6 Å². The Hall–Kier alpha value is -1.63. The molecule has 0 amide bonds. The van der Waals surface area contributed by atoms with Crippen LogP contribution in [0.1, 0.15) is 31.0 Å². The van der Waals surface area contributed by atoms with Crippen molar-refractivity contribution in [3.8, 4) is 0 Å². The number of carbonyl (C=O) groups is 1. The average Bonchev–Trinajstić information content (AvgIpc) is 2.35. The van der Waals surface area contributed by atoms with Gasteiger partial charge in [-0.3, -0.25) is 4.79 Å². The van der Waals surface area contributed by atoms with Crippen molar-refractivity contribution in [2.24, 2.45) is 11.1 Å². The number of nitrogens with two attached hydrogens (primary N) is 1. The lowest BCUT2D eigenvalue weighted by molar-refractivity contribution is -0.152. The molecule has 2 N–H and O–H groups in total. The summed E-state index contributed by atoms with van der Waals surface area (Å²) in [7, 11) is 1.15. The molecule has 1 rings (SSSR count). The molecule has 0 fully saturated rings. The van der Waals surface area contributed by atoms with Gasteiger partial charge in [-0.05, 0) is 26.0 Å². The van der Waals surface area contributed by atoms with E-state index in [4.69, 9.17) is 5.73 Å². The first-order valence-corrected chi connectivity index (χ1v) is 5.72. The van der Waals surface area contributed by atoms with Crippen LogP contribution in [0.3, 0.4) is 0 Å². The third kappa shape index (κ3) is 3.09. The predicted molar refractivity (Wildman–Crippen MR) is 64.1 cm³/mol. The molecular weight excluding hydrogens is 278 g/mol. The number of ether oxygens (including phenoxy) is 1. The van der Waals surface area contributed by atoms with Gasteiger partial charge in [0.1, 0.15) is 5.82 Å². The molecule has 1 aromatic rings. The fourth-order valence-electron chi connectivity index (χ4n) is 1.73. The minimum absolute atomic E-state index is 0.173. The second-order valence-electron chi connectivity index (χ2n) is 4.92. The minimum Gasteiger partial charge on any atom is -0.469 e. The summed E-state index contributed by atoms with van der Waals surface area (Å²) in [6.45, 7) is 2.86. The Morgan fingerprint density at radius 2 is 1.85 bits per heavy atom. The van der Waals surface area contributed by atoms with Gasteiger partial charge in [-0.2, -0.15) is 13.2 Å². The third-order valence-electron chi connectivity index (χ3n) is 3.15. The zero-order valence-corrected chi connectivity index (χ0v) is 11.2. The fourth-order valence-corrected chi connectivity index (χ4v) is 1.73. The highest BCUT2D eigenvalue weighted by Gasteiger charge is 2.39. The molecule has 0 unspecified atom stereocenters. The predicted octanol–water partition coefficient (Wildman–Crippen LogP) is 3.04. The summed E-state index contributed by atoms with van der Waals surface area (Å²) in [5.41, 5.74) is 3.24. The first-order valence-electron chi connectivity index (χ1n) is 5.72. The topological polar surface area (TPSA) is 52.3 Å². The first kappa shape index (κ1) is 16.4. The lowest BCUT2D eigenvalue weighted by atomic mass is 9.80. The van der Waals surface area contributed by atoms with Crippen molar-refractivity contribution < 1.29 is 27.1 Å². The molecule has 0 aliphatic rings. The molecule has 3 nitrogen and oxygen atoms in total. The van der Waals surface area contributed by atoms with E-state index in [2.05, 4.69) is 4.74 Å². The Morgan fingerprint density at radius 1 is 1.30 bits per heavy atom. The summed E-state index contributed by atoms with van der Waals surface area (Å²) in [5, 5.41) is 0.